The highest BCUT2D eigenvalue weighted by atomic mass is 16.5. The summed E-state index contributed by atoms with van der Waals surface area (Å²) >= 11 is 0. The molecule has 4 heteroatoms. The monoisotopic (exact) mass is 209 g/mol. The molecule has 0 atom stereocenters. The fraction of sp³-hybridized carbons (Fsp3) is 0.455. The van der Waals surface area contributed by atoms with E-state index in [9.17, 15) is 0 Å². The minimum Gasteiger partial charge on any atom is -0.497 e. The molecule has 2 rings (SSSR count). The Kier molecular flexibility index (Phi) is 2.97. The highest BCUT2D eigenvalue weighted by Gasteiger charge is 2.19. The molecule has 1 aromatic carbocycles. The van der Waals surface area contributed by atoms with Gasteiger partial charge in [-0.3, -0.25) is 0 Å². The van der Waals surface area contributed by atoms with E-state index in [2.05, 4.69) is 5.32 Å². The summed E-state index contributed by atoms with van der Waals surface area (Å²) in [5, 5.41) is 3.34. The number of anilines is 1. The summed E-state index contributed by atoms with van der Waals surface area (Å²) in [6.07, 6.45) is 0. The third kappa shape index (κ3) is 2.15. The third-order valence-electron chi connectivity index (χ3n) is 2.40. The Morgan fingerprint density at radius 3 is 2.60 bits per heavy atom. The van der Waals surface area contributed by atoms with Gasteiger partial charge in [-0.2, -0.15) is 0 Å². The topological polar surface area (TPSA) is 39.7 Å². The Morgan fingerprint density at radius 2 is 2.07 bits per heavy atom. The smallest absolute Gasteiger partial charge is 0.142 e. The highest BCUT2D eigenvalue weighted by Crippen LogP contribution is 2.30. The van der Waals surface area contributed by atoms with Crippen LogP contribution in [0.25, 0.3) is 0 Å². The summed E-state index contributed by atoms with van der Waals surface area (Å²) < 4.78 is 15.5. The molecule has 0 saturated carbocycles. The lowest BCUT2D eigenvalue weighted by atomic mass is 10.2. The van der Waals surface area contributed by atoms with Gasteiger partial charge in [0.05, 0.1) is 39.2 Å². The lowest BCUT2D eigenvalue weighted by Crippen LogP contribution is -2.40. The highest BCUT2D eigenvalue weighted by molar-refractivity contribution is 5.60. The van der Waals surface area contributed by atoms with Crippen molar-refractivity contribution in [3.8, 4) is 11.5 Å². The van der Waals surface area contributed by atoms with Gasteiger partial charge in [-0.1, -0.05) is 0 Å². The van der Waals surface area contributed by atoms with Crippen LogP contribution >= 0.6 is 0 Å². The molecular formula is C11H15NO3. The number of benzene rings is 1. The molecule has 1 saturated heterocycles. The minimum absolute atomic E-state index is 0.381. The zero-order valence-corrected chi connectivity index (χ0v) is 8.95. The number of nitrogens with one attached hydrogen (secondary N) is 1. The van der Waals surface area contributed by atoms with E-state index in [-0.39, 0.29) is 0 Å². The molecule has 0 unspecified atom stereocenters. The van der Waals surface area contributed by atoms with Gasteiger partial charge in [-0.05, 0) is 12.1 Å². The second-order valence-corrected chi connectivity index (χ2v) is 3.44. The zero-order chi connectivity index (χ0) is 10.7. The van der Waals surface area contributed by atoms with Gasteiger partial charge in [0.15, 0.2) is 0 Å². The fourth-order valence-electron chi connectivity index (χ4n) is 1.47. The first-order valence-corrected chi connectivity index (χ1v) is 4.90. The maximum absolute atomic E-state index is 5.26. The molecule has 0 radical (unpaired) electrons. The third-order valence-corrected chi connectivity index (χ3v) is 2.40. The molecule has 0 aliphatic carbocycles. The van der Waals surface area contributed by atoms with Gasteiger partial charge in [-0.25, -0.2) is 0 Å². The van der Waals surface area contributed by atoms with Crippen LogP contribution in [0.2, 0.25) is 0 Å². The number of ether oxygens (including phenoxy) is 3. The average molecular weight is 209 g/mol. The molecule has 1 aromatic rings. The van der Waals surface area contributed by atoms with E-state index >= 15 is 0 Å². The molecule has 1 N–H and O–H groups in total. The van der Waals surface area contributed by atoms with E-state index in [1.54, 1.807) is 14.2 Å². The van der Waals surface area contributed by atoms with Gasteiger partial charge >= 0.3 is 0 Å². The van der Waals surface area contributed by atoms with E-state index in [1.165, 1.54) is 0 Å². The van der Waals surface area contributed by atoms with Crippen molar-refractivity contribution in [2.75, 3.05) is 32.8 Å². The Morgan fingerprint density at radius 1 is 1.27 bits per heavy atom. The Bertz CT molecular complexity index is 337. The summed E-state index contributed by atoms with van der Waals surface area (Å²) in [5.41, 5.74) is 0.949. The van der Waals surface area contributed by atoms with Crippen LogP contribution < -0.4 is 14.8 Å². The van der Waals surface area contributed by atoms with Crippen molar-refractivity contribution < 1.29 is 14.2 Å². The summed E-state index contributed by atoms with van der Waals surface area (Å²) in [4.78, 5) is 0. The molecule has 0 aromatic heterocycles. The zero-order valence-electron chi connectivity index (χ0n) is 8.95. The number of hydrogen-bond donors (Lipinski definition) is 1. The molecule has 1 aliphatic rings. The summed E-state index contributed by atoms with van der Waals surface area (Å²) in [6.45, 7) is 1.50. The first-order chi connectivity index (χ1) is 7.33. The van der Waals surface area contributed by atoms with Crippen LogP contribution in [0.5, 0.6) is 11.5 Å². The van der Waals surface area contributed by atoms with Crippen molar-refractivity contribution in [3.63, 3.8) is 0 Å². The van der Waals surface area contributed by atoms with Crippen molar-refractivity contribution in [2.45, 2.75) is 6.04 Å². The van der Waals surface area contributed by atoms with Crippen LogP contribution in [0, 0.1) is 0 Å². The minimum atomic E-state index is 0.381. The SMILES string of the molecule is COc1ccc(OC)c(NC2COC2)c1. The Hall–Kier alpha value is -1.42. The van der Waals surface area contributed by atoms with Crippen LogP contribution in [0.3, 0.4) is 0 Å². The molecule has 1 fully saturated rings. The molecular weight excluding hydrogens is 194 g/mol. The van der Waals surface area contributed by atoms with Gasteiger partial charge in [0, 0.05) is 6.07 Å². The van der Waals surface area contributed by atoms with Crippen LogP contribution in [0.15, 0.2) is 18.2 Å². The lowest BCUT2D eigenvalue weighted by molar-refractivity contribution is 0.0210. The van der Waals surface area contributed by atoms with Gasteiger partial charge < -0.3 is 19.5 Å². The van der Waals surface area contributed by atoms with Crippen LogP contribution in [-0.4, -0.2) is 33.5 Å². The fourth-order valence-corrected chi connectivity index (χ4v) is 1.47. The van der Waals surface area contributed by atoms with Crippen LogP contribution in [-0.2, 0) is 4.74 Å². The first kappa shape index (κ1) is 10.1. The molecule has 0 amide bonds. The van der Waals surface area contributed by atoms with Crippen molar-refractivity contribution in [3.05, 3.63) is 18.2 Å². The standard InChI is InChI=1S/C11H15NO3/c1-13-9-3-4-11(14-2)10(5-9)12-8-6-15-7-8/h3-5,8,12H,6-7H2,1-2H3. The molecule has 82 valence electrons. The van der Waals surface area contributed by atoms with Crippen LogP contribution in [0.1, 0.15) is 0 Å². The van der Waals surface area contributed by atoms with Gasteiger partial charge in [-0.15, -0.1) is 0 Å². The molecule has 15 heavy (non-hydrogen) atoms. The van der Waals surface area contributed by atoms with E-state index in [0.29, 0.717) is 6.04 Å². The quantitative estimate of drug-likeness (QED) is 0.816. The summed E-state index contributed by atoms with van der Waals surface area (Å²) in [5.74, 6) is 1.64. The number of hydrogen-bond acceptors (Lipinski definition) is 4. The average Bonchev–Trinajstić information content (AvgIpc) is 2.23. The Balaban J connectivity index is 2.16. The second-order valence-electron chi connectivity index (χ2n) is 3.44. The van der Waals surface area contributed by atoms with Gasteiger partial charge in [0.2, 0.25) is 0 Å². The maximum Gasteiger partial charge on any atom is 0.142 e. The van der Waals surface area contributed by atoms with Crippen molar-refractivity contribution in [2.24, 2.45) is 0 Å². The van der Waals surface area contributed by atoms with E-state index in [0.717, 1.165) is 30.4 Å². The van der Waals surface area contributed by atoms with Gasteiger partial charge in [0.25, 0.3) is 0 Å². The molecule has 1 aliphatic heterocycles. The molecule has 0 spiro atoms. The van der Waals surface area contributed by atoms with Crippen molar-refractivity contribution in [1.82, 2.24) is 0 Å². The summed E-state index contributed by atoms with van der Waals surface area (Å²) in [6, 6.07) is 6.07. The van der Waals surface area contributed by atoms with E-state index < -0.39 is 0 Å². The number of rotatable bonds is 4. The number of methoxy groups -OCH3 is 2. The van der Waals surface area contributed by atoms with Crippen molar-refractivity contribution >= 4 is 5.69 Å². The van der Waals surface area contributed by atoms with E-state index in [1.807, 2.05) is 18.2 Å². The Labute approximate surface area is 89.1 Å². The molecule has 4 nitrogen and oxygen atoms in total. The van der Waals surface area contributed by atoms with Gasteiger partial charge in [0.1, 0.15) is 11.5 Å². The summed E-state index contributed by atoms with van der Waals surface area (Å²) in [7, 11) is 3.31. The second kappa shape index (κ2) is 4.40. The molecule has 0 bridgehead atoms. The van der Waals surface area contributed by atoms with Crippen LogP contribution in [0.4, 0.5) is 5.69 Å². The predicted octanol–water partition coefficient (Wildman–Crippen LogP) is 1.51. The van der Waals surface area contributed by atoms with E-state index in [4.69, 9.17) is 14.2 Å². The predicted molar refractivity (Wildman–Crippen MR) is 57.8 cm³/mol. The molecule has 1 heterocycles. The first-order valence-electron chi connectivity index (χ1n) is 4.90. The maximum atomic E-state index is 5.26. The normalized spacial score (nSPS) is 15.6. The largest absolute Gasteiger partial charge is 0.497 e. The van der Waals surface area contributed by atoms with Crippen molar-refractivity contribution in [1.29, 1.82) is 0 Å². The lowest BCUT2D eigenvalue weighted by Gasteiger charge is -2.28.